The molecule has 6 heteroatoms. The fourth-order valence-electron chi connectivity index (χ4n) is 1.90. The van der Waals surface area contributed by atoms with Gasteiger partial charge in [0, 0.05) is 5.56 Å². The first-order valence-electron chi connectivity index (χ1n) is 6.05. The van der Waals surface area contributed by atoms with Crippen molar-refractivity contribution in [2.24, 2.45) is 0 Å². The molecule has 0 saturated carbocycles. The Bertz CT molecular complexity index is 766. The predicted octanol–water partition coefficient (Wildman–Crippen LogP) is 4.01. The molecule has 0 radical (unpaired) electrons. The summed E-state index contributed by atoms with van der Waals surface area (Å²) in [5, 5.41) is 19.6. The molecule has 2 rings (SSSR count). The van der Waals surface area contributed by atoms with Crippen LogP contribution in [0.1, 0.15) is 16.7 Å². The monoisotopic (exact) mass is 286 g/mol. The summed E-state index contributed by atoms with van der Waals surface area (Å²) in [4.78, 5) is 10.4. The van der Waals surface area contributed by atoms with E-state index in [2.05, 4.69) is 0 Å². The van der Waals surface area contributed by atoms with E-state index in [1.165, 1.54) is 18.2 Å². The summed E-state index contributed by atoms with van der Waals surface area (Å²) in [5.74, 6) is -0.581. The van der Waals surface area contributed by atoms with E-state index in [0.29, 0.717) is 11.1 Å². The molecule has 0 aromatic heterocycles. The van der Waals surface area contributed by atoms with Crippen molar-refractivity contribution in [3.05, 3.63) is 63.0 Å². The number of benzene rings is 2. The van der Waals surface area contributed by atoms with E-state index in [1.807, 2.05) is 6.07 Å². The van der Waals surface area contributed by atoms with Crippen molar-refractivity contribution >= 4 is 5.69 Å². The first kappa shape index (κ1) is 14.5. The van der Waals surface area contributed by atoms with Crippen molar-refractivity contribution in [2.45, 2.75) is 13.8 Å². The summed E-state index contributed by atoms with van der Waals surface area (Å²) >= 11 is 0. The lowest BCUT2D eigenvalue weighted by Crippen LogP contribution is -1.96. The van der Waals surface area contributed by atoms with Crippen LogP contribution in [0.2, 0.25) is 0 Å². The number of nitriles is 1. The molecule has 0 bridgehead atoms. The lowest BCUT2D eigenvalue weighted by atomic mass is 10.1. The van der Waals surface area contributed by atoms with E-state index in [0.717, 1.165) is 6.07 Å². The Morgan fingerprint density at radius 3 is 2.48 bits per heavy atom. The van der Waals surface area contributed by atoms with Crippen LogP contribution in [0.3, 0.4) is 0 Å². The quantitative estimate of drug-likeness (QED) is 0.630. The van der Waals surface area contributed by atoms with Gasteiger partial charge in [0.2, 0.25) is 0 Å². The van der Waals surface area contributed by atoms with Crippen molar-refractivity contribution in [1.29, 1.82) is 5.26 Å². The highest BCUT2D eigenvalue weighted by molar-refractivity contribution is 5.51. The van der Waals surface area contributed by atoms with E-state index >= 15 is 0 Å². The highest BCUT2D eigenvalue weighted by Gasteiger charge is 2.16. The first-order chi connectivity index (χ1) is 9.92. The van der Waals surface area contributed by atoms with Crippen LogP contribution in [0.4, 0.5) is 10.1 Å². The zero-order chi connectivity index (χ0) is 15.6. The summed E-state index contributed by atoms with van der Waals surface area (Å²) in [6.45, 7) is 3.34. The van der Waals surface area contributed by atoms with Crippen molar-refractivity contribution < 1.29 is 14.1 Å². The van der Waals surface area contributed by atoms with Crippen molar-refractivity contribution in [2.75, 3.05) is 0 Å². The summed E-state index contributed by atoms with van der Waals surface area (Å²) in [5.41, 5.74) is 1.24. The topological polar surface area (TPSA) is 76.2 Å². The molecule has 2 aromatic carbocycles. The Morgan fingerprint density at radius 1 is 1.19 bits per heavy atom. The minimum absolute atomic E-state index is 0.0877. The molecule has 0 unspecified atom stereocenters. The zero-order valence-electron chi connectivity index (χ0n) is 11.4. The highest BCUT2D eigenvalue weighted by atomic mass is 19.1. The Labute approximate surface area is 120 Å². The third kappa shape index (κ3) is 2.98. The van der Waals surface area contributed by atoms with Crippen LogP contribution in [0.5, 0.6) is 11.5 Å². The molecule has 0 aliphatic rings. The van der Waals surface area contributed by atoms with Gasteiger partial charge in [-0.25, -0.2) is 4.39 Å². The van der Waals surface area contributed by atoms with Crippen LogP contribution in [-0.2, 0) is 0 Å². The standard InChI is InChI=1S/C15H11FN2O3/c1-9-5-10(2)15(7-13(9)18(19)20)21-14-4-3-11(8-17)6-12(14)16/h3-7H,1-2H3. The molecule has 106 valence electrons. The van der Waals surface area contributed by atoms with Crippen LogP contribution in [-0.4, -0.2) is 4.92 Å². The van der Waals surface area contributed by atoms with Gasteiger partial charge in [0.25, 0.3) is 5.69 Å². The molecule has 0 aliphatic carbocycles. The number of aryl methyl sites for hydroxylation is 2. The number of nitrogens with zero attached hydrogens (tertiary/aromatic N) is 2. The van der Waals surface area contributed by atoms with Crippen molar-refractivity contribution in [3.8, 4) is 17.6 Å². The summed E-state index contributed by atoms with van der Waals surface area (Å²) in [6.07, 6.45) is 0. The molecule has 2 aromatic rings. The van der Waals surface area contributed by atoms with Gasteiger partial charge in [0.15, 0.2) is 11.6 Å². The van der Waals surface area contributed by atoms with Gasteiger partial charge in [-0.15, -0.1) is 0 Å². The minimum atomic E-state index is -0.698. The SMILES string of the molecule is Cc1cc(C)c([N+](=O)[O-])cc1Oc1ccc(C#N)cc1F. The number of rotatable bonds is 3. The van der Waals surface area contributed by atoms with Gasteiger partial charge in [0.05, 0.1) is 22.6 Å². The molecule has 0 saturated heterocycles. The molecule has 0 fully saturated rings. The van der Waals surface area contributed by atoms with Crippen LogP contribution in [0.15, 0.2) is 30.3 Å². The van der Waals surface area contributed by atoms with Gasteiger partial charge in [-0.2, -0.15) is 5.26 Å². The largest absolute Gasteiger partial charge is 0.454 e. The van der Waals surface area contributed by atoms with E-state index in [9.17, 15) is 14.5 Å². The van der Waals surface area contributed by atoms with Gasteiger partial charge < -0.3 is 4.74 Å². The molecule has 0 atom stereocenters. The Balaban J connectivity index is 2.42. The average molecular weight is 286 g/mol. The molecular weight excluding hydrogens is 275 g/mol. The minimum Gasteiger partial charge on any atom is -0.454 e. The lowest BCUT2D eigenvalue weighted by Gasteiger charge is -2.10. The molecule has 5 nitrogen and oxygen atoms in total. The summed E-state index contributed by atoms with van der Waals surface area (Å²) in [7, 11) is 0. The molecule has 0 spiro atoms. The van der Waals surface area contributed by atoms with Gasteiger partial charge in [-0.3, -0.25) is 10.1 Å². The van der Waals surface area contributed by atoms with Gasteiger partial charge in [-0.05, 0) is 43.7 Å². The molecule has 0 N–H and O–H groups in total. The van der Waals surface area contributed by atoms with Gasteiger partial charge in [0.1, 0.15) is 5.75 Å². The maximum atomic E-state index is 13.8. The van der Waals surface area contributed by atoms with Gasteiger partial charge >= 0.3 is 0 Å². The lowest BCUT2D eigenvalue weighted by molar-refractivity contribution is -0.385. The fourth-order valence-corrected chi connectivity index (χ4v) is 1.90. The normalized spacial score (nSPS) is 10.0. The highest BCUT2D eigenvalue weighted by Crippen LogP contribution is 2.32. The second kappa shape index (κ2) is 5.59. The smallest absolute Gasteiger partial charge is 0.276 e. The van der Waals surface area contributed by atoms with E-state index in [4.69, 9.17) is 10.00 Å². The second-order valence-corrected chi connectivity index (χ2v) is 4.52. The van der Waals surface area contributed by atoms with Crippen LogP contribution in [0, 0.1) is 41.1 Å². The van der Waals surface area contributed by atoms with Gasteiger partial charge in [-0.1, -0.05) is 0 Å². The van der Waals surface area contributed by atoms with Crippen molar-refractivity contribution in [3.63, 3.8) is 0 Å². The van der Waals surface area contributed by atoms with E-state index in [-0.39, 0.29) is 22.7 Å². The fraction of sp³-hybridized carbons (Fsp3) is 0.133. The number of nitro groups is 1. The molecule has 0 aliphatic heterocycles. The van der Waals surface area contributed by atoms with E-state index < -0.39 is 10.7 Å². The Kier molecular flexibility index (Phi) is 3.85. The maximum Gasteiger partial charge on any atom is 0.276 e. The summed E-state index contributed by atoms with van der Waals surface area (Å²) in [6, 6.07) is 8.47. The Morgan fingerprint density at radius 2 is 1.90 bits per heavy atom. The third-order valence-corrected chi connectivity index (χ3v) is 2.97. The number of hydrogen-bond acceptors (Lipinski definition) is 4. The average Bonchev–Trinajstić information content (AvgIpc) is 2.43. The third-order valence-electron chi connectivity index (χ3n) is 2.97. The number of hydrogen-bond donors (Lipinski definition) is 0. The van der Waals surface area contributed by atoms with E-state index in [1.54, 1.807) is 19.9 Å². The first-order valence-corrected chi connectivity index (χ1v) is 6.05. The van der Waals surface area contributed by atoms with Crippen LogP contribution >= 0.6 is 0 Å². The Hall–Kier alpha value is -2.94. The second-order valence-electron chi connectivity index (χ2n) is 4.52. The number of nitro benzene ring substituents is 1. The molecule has 0 amide bonds. The molecule has 21 heavy (non-hydrogen) atoms. The molecule has 0 heterocycles. The number of ether oxygens (including phenoxy) is 1. The maximum absolute atomic E-state index is 13.8. The number of halogens is 1. The van der Waals surface area contributed by atoms with Crippen LogP contribution in [0.25, 0.3) is 0 Å². The zero-order valence-corrected chi connectivity index (χ0v) is 11.4. The van der Waals surface area contributed by atoms with Crippen LogP contribution < -0.4 is 4.74 Å². The predicted molar refractivity (Wildman–Crippen MR) is 73.8 cm³/mol. The van der Waals surface area contributed by atoms with Crippen molar-refractivity contribution in [1.82, 2.24) is 0 Å². The summed E-state index contributed by atoms with van der Waals surface area (Å²) < 4.78 is 19.2. The molecular formula is C15H11FN2O3.